The van der Waals surface area contributed by atoms with Gasteiger partial charge in [-0.3, -0.25) is 4.79 Å². The summed E-state index contributed by atoms with van der Waals surface area (Å²) in [7, 11) is 1.66. The normalized spacial score (nSPS) is 23.0. The second-order valence-electron chi connectivity index (χ2n) is 6.21. The zero-order chi connectivity index (χ0) is 16.2. The molecule has 1 atom stereocenters. The van der Waals surface area contributed by atoms with E-state index in [-0.39, 0.29) is 18.1 Å². The Morgan fingerprint density at radius 1 is 1.22 bits per heavy atom. The molecular weight excluding hydrogens is 294 g/mol. The topological polar surface area (TPSA) is 65.0 Å². The third-order valence-corrected chi connectivity index (χ3v) is 4.69. The second kappa shape index (κ2) is 7.19. The van der Waals surface area contributed by atoms with Crippen molar-refractivity contribution in [3.05, 3.63) is 24.3 Å². The predicted molar refractivity (Wildman–Crippen MR) is 88.8 cm³/mol. The Balaban J connectivity index is 1.62. The Bertz CT molecular complexity index is 526. The van der Waals surface area contributed by atoms with Gasteiger partial charge >= 0.3 is 0 Å². The minimum Gasteiger partial charge on any atom is -0.497 e. The molecule has 2 aliphatic heterocycles. The Morgan fingerprint density at radius 3 is 2.57 bits per heavy atom. The van der Waals surface area contributed by atoms with Crippen molar-refractivity contribution in [3.63, 3.8) is 0 Å². The van der Waals surface area contributed by atoms with Crippen molar-refractivity contribution in [1.29, 1.82) is 0 Å². The molecule has 126 valence electrons. The van der Waals surface area contributed by atoms with Gasteiger partial charge in [0.05, 0.1) is 13.2 Å². The molecule has 2 saturated heterocycles. The van der Waals surface area contributed by atoms with E-state index in [4.69, 9.17) is 4.74 Å². The minimum absolute atomic E-state index is 0.148. The largest absolute Gasteiger partial charge is 0.497 e. The van der Waals surface area contributed by atoms with Crippen LogP contribution in [0.4, 0.5) is 5.69 Å². The first-order valence-corrected chi connectivity index (χ1v) is 8.26. The zero-order valence-corrected chi connectivity index (χ0v) is 13.6. The molecular formula is C17H25N3O3. The average Bonchev–Trinajstić information content (AvgIpc) is 2.62. The summed E-state index contributed by atoms with van der Waals surface area (Å²) >= 11 is 0. The lowest BCUT2D eigenvalue weighted by Gasteiger charge is -2.38. The number of amides is 1. The molecule has 6 nitrogen and oxygen atoms in total. The molecule has 6 heteroatoms. The monoisotopic (exact) mass is 319 g/mol. The van der Waals surface area contributed by atoms with Crippen molar-refractivity contribution in [1.82, 2.24) is 10.2 Å². The zero-order valence-electron chi connectivity index (χ0n) is 13.6. The SMILES string of the molecule is COc1ccc(N2CCN[C@H](C(=O)N3CCC(O)CC3)C2)cc1. The number of likely N-dealkylation sites (tertiary alicyclic amines) is 1. The van der Waals surface area contributed by atoms with E-state index in [1.165, 1.54) is 0 Å². The van der Waals surface area contributed by atoms with E-state index in [0.29, 0.717) is 32.5 Å². The maximum Gasteiger partial charge on any atom is 0.241 e. The Morgan fingerprint density at radius 2 is 1.91 bits per heavy atom. The fraction of sp³-hybridized carbons (Fsp3) is 0.588. The molecule has 0 aromatic heterocycles. The Labute approximate surface area is 137 Å². The van der Waals surface area contributed by atoms with Crippen LogP contribution < -0.4 is 15.0 Å². The second-order valence-corrected chi connectivity index (χ2v) is 6.21. The molecule has 2 N–H and O–H groups in total. The fourth-order valence-electron chi connectivity index (χ4n) is 3.25. The molecule has 1 amide bonds. The molecule has 1 aromatic rings. The third kappa shape index (κ3) is 3.76. The summed E-state index contributed by atoms with van der Waals surface area (Å²) in [6.45, 7) is 3.65. The van der Waals surface area contributed by atoms with Crippen molar-refractivity contribution >= 4 is 11.6 Å². The van der Waals surface area contributed by atoms with E-state index in [1.54, 1.807) is 7.11 Å². The number of anilines is 1. The smallest absolute Gasteiger partial charge is 0.241 e. The third-order valence-electron chi connectivity index (χ3n) is 4.69. The summed E-state index contributed by atoms with van der Waals surface area (Å²) in [6.07, 6.45) is 1.11. The first-order valence-electron chi connectivity index (χ1n) is 8.26. The molecule has 2 aliphatic rings. The standard InChI is InChI=1S/C17H25N3O3/c1-23-15-4-2-13(3-5-15)20-11-8-18-16(12-20)17(22)19-9-6-14(21)7-10-19/h2-5,14,16,18,21H,6-12H2,1H3/t16-/m0/s1. The van der Waals surface area contributed by atoms with E-state index in [2.05, 4.69) is 10.2 Å². The Kier molecular flexibility index (Phi) is 5.03. The number of carbonyl (C=O) groups is 1. The molecule has 0 radical (unpaired) electrons. The van der Waals surface area contributed by atoms with Crippen LogP contribution in [0.2, 0.25) is 0 Å². The number of nitrogens with zero attached hydrogens (tertiary/aromatic N) is 2. The highest BCUT2D eigenvalue weighted by molar-refractivity contribution is 5.83. The number of piperazine rings is 1. The van der Waals surface area contributed by atoms with Crippen LogP contribution in [0.15, 0.2) is 24.3 Å². The highest BCUT2D eigenvalue weighted by Gasteiger charge is 2.31. The molecule has 1 aromatic carbocycles. The molecule has 3 rings (SSSR count). The van der Waals surface area contributed by atoms with Crippen molar-refractivity contribution in [2.75, 3.05) is 44.7 Å². The minimum atomic E-state index is -0.255. The van der Waals surface area contributed by atoms with Gasteiger partial charge in [-0.1, -0.05) is 0 Å². The summed E-state index contributed by atoms with van der Waals surface area (Å²) in [5.74, 6) is 0.985. The van der Waals surface area contributed by atoms with Crippen LogP contribution in [-0.4, -0.2) is 67.9 Å². The summed E-state index contributed by atoms with van der Waals surface area (Å²) in [5.41, 5.74) is 1.11. The summed E-state index contributed by atoms with van der Waals surface area (Å²) < 4.78 is 5.19. The van der Waals surface area contributed by atoms with Crippen molar-refractivity contribution < 1.29 is 14.6 Å². The number of hydrogen-bond acceptors (Lipinski definition) is 5. The molecule has 23 heavy (non-hydrogen) atoms. The quantitative estimate of drug-likeness (QED) is 0.847. The van der Waals surface area contributed by atoms with Gasteiger partial charge in [0.15, 0.2) is 0 Å². The molecule has 0 spiro atoms. The number of carbonyl (C=O) groups excluding carboxylic acids is 1. The van der Waals surface area contributed by atoms with Gasteiger partial charge in [0.1, 0.15) is 11.8 Å². The van der Waals surface area contributed by atoms with Gasteiger partial charge in [-0.25, -0.2) is 0 Å². The van der Waals surface area contributed by atoms with E-state index in [0.717, 1.165) is 24.5 Å². The van der Waals surface area contributed by atoms with E-state index in [9.17, 15) is 9.90 Å². The van der Waals surface area contributed by atoms with Gasteiger partial charge < -0.3 is 25.0 Å². The first kappa shape index (κ1) is 16.1. The lowest BCUT2D eigenvalue weighted by atomic mass is 10.1. The van der Waals surface area contributed by atoms with Crippen molar-refractivity contribution in [2.45, 2.75) is 25.0 Å². The van der Waals surface area contributed by atoms with Crippen molar-refractivity contribution in [2.24, 2.45) is 0 Å². The number of hydrogen-bond donors (Lipinski definition) is 2. The fourth-order valence-corrected chi connectivity index (χ4v) is 3.25. The number of methoxy groups -OCH3 is 1. The van der Waals surface area contributed by atoms with Crippen LogP contribution in [0.25, 0.3) is 0 Å². The highest BCUT2D eigenvalue weighted by atomic mass is 16.5. The van der Waals surface area contributed by atoms with E-state index in [1.807, 2.05) is 29.2 Å². The van der Waals surface area contributed by atoms with E-state index < -0.39 is 0 Å². The number of piperidine rings is 1. The summed E-state index contributed by atoms with van der Waals surface area (Å²) in [4.78, 5) is 16.8. The van der Waals surface area contributed by atoms with Gasteiger partial charge in [-0.05, 0) is 37.1 Å². The molecule has 2 fully saturated rings. The highest BCUT2D eigenvalue weighted by Crippen LogP contribution is 2.21. The van der Waals surface area contributed by atoms with E-state index >= 15 is 0 Å². The van der Waals surface area contributed by atoms with Gasteiger partial charge in [0.2, 0.25) is 5.91 Å². The predicted octanol–water partition coefficient (Wildman–Crippen LogP) is 0.457. The number of nitrogens with one attached hydrogen (secondary N) is 1. The lowest BCUT2D eigenvalue weighted by molar-refractivity contribution is -0.135. The molecule has 2 heterocycles. The van der Waals surface area contributed by atoms with Gasteiger partial charge in [0.25, 0.3) is 0 Å². The maximum absolute atomic E-state index is 12.7. The van der Waals surface area contributed by atoms with Crippen LogP contribution in [0.5, 0.6) is 5.75 Å². The van der Waals surface area contributed by atoms with Crippen LogP contribution in [-0.2, 0) is 4.79 Å². The molecule has 0 unspecified atom stereocenters. The van der Waals surface area contributed by atoms with Gasteiger partial charge in [0, 0.05) is 38.4 Å². The number of aliphatic hydroxyl groups is 1. The van der Waals surface area contributed by atoms with Crippen LogP contribution in [0.1, 0.15) is 12.8 Å². The number of benzene rings is 1. The summed E-state index contributed by atoms with van der Waals surface area (Å²) in [6, 6.07) is 7.77. The molecule has 0 saturated carbocycles. The summed E-state index contributed by atoms with van der Waals surface area (Å²) in [5, 5.41) is 12.9. The molecule has 0 aliphatic carbocycles. The van der Waals surface area contributed by atoms with Gasteiger partial charge in [-0.2, -0.15) is 0 Å². The van der Waals surface area contributed by atoms with Crippen LogP contribution in [0.3, 0.4) is 0 Å². The lowest BCUT2D eigenvalue weighted by Crippen LogP contribution is -2.59. The maximum atomic E-state index is 12.7. The average molecular weight is 319 g/mol. The number of ether oxygens (including phenoxy) is 1. The van der Waals surface area contributed by atoms with Crippen LogP contribution in [0, 0.1) is 0 Å². The Hall–Kier alpha value is -1.79. The number of rotatable bonds is 3. The molecule has 0 bridgehead atoms. The van der Waals surface area contributed by atoms with Crippen molar-refractivity contribution in [3.8, 4) is 5.75 Å². The van der Waals surface area contributed by atoms with Gasteiger partial charge in [-0.15, -0.1) is 0 Å². The number of aliphatic hydroxyl groups excluding tert-OH is 1. The van der Waals surface area contributed by atoms with Crippen LogP contribution >= 0.6 is 0 Å². The first-order chi connectivity index (χ1) is 11.2.